The minimum absolute atomic E-state index is 0.0761. The predicted octanol–water partition coefficient (Wildman–Crippen LogP) is 12.1. The van der Waals surface area contributed by atoms with Crippen molar-refractivity contribution in [3.8, 4) is 0 Å². The van der Waals surface area contributed by atoms with E-state index in [2.05, 4.69) is 103 Å². The second-order valence-electron chi connectivity index (χ2n) is 14.4. The Bertz CT molecular complexity index is 1380. The minimum atomic E-state index is -4.75. The monoisotopic (exact) mass is 860 g/mol. The minimum Gasteiger partial charge on any atom is -0.480 e. The first-order valence-electron chi connectivity index (χ1n) is 22.3. The van der Waals surface area contributed by atoms with Gasteiger partial charge in [0.2, 0.25) is 0 Å². The lowest BCUT2D eigenvalue weighted by atomic mass is 10.1. The van der Waals surface area contributed by atoms with Crippen LogP contribution in [0, 0.1) is 0 Å². The molecule has 0 aromatic rings. The molecule has 0 aromatic carbocycles. The number of aliphatic carboxylic acids is 1. The molecule has 340 valence electrons. The Balaban J connectivity index is 4.52. The van der Waals surface area contributed by atoms with Gasteiger partial charge in [-0.15, -0.1) is 0 Å². The van der Waals surface area contributed by atoms with Crippen LogP contribution in [0.1, 0.15) is 155 Å². The van der Waals surface area contributed by atoms with Gasteiger partial charge in [-0.05, 0) is 89.9 Å². The molecule has 0 bridgehead atoms. The van der Waals surface area contributed by atoms with Crippen LogP contribution < -0.4 is 5.73 Å². The number of nitrogens with two attached hydrogens (primary N) is 1. The van der Waals surface area contributed by atoms with E-state index < -0.39 is 51.1 Å². The molecule has 12 heteroatoms. The topological polar surface area (TPSA) is 172 Å². The van der Waals surface area contributed by atoms with Crippen LogP contribution in [0.4, 0.5) is 0 Å². The lowest BCUT2D eigenvalue weighted by molar-refractivity contribution is -0.161. The summed E-state index contributed by atoms with van der Waals surface area (Å²) in [7, 11) is -4.75. The number of carbonyl (C=O) groups excluding carboxylic acids is 2. The number of carboxylic acid groups (broad SMARTS) is 1. The highest BCUT2D eigenvalue weighted by atomic mass is 31.2. The molecule has 0 saturated heterocycles. The van der Waals surface area contributed by atoms with Gasteiger partial charge in [-0.3, -0.25) is 23.4 Å². The van der Waals surface area contributed by atoms with Crippen LogP contribution in [0.3, 0.4) is 0 Å². The van der Waals surface area contributed by atoms with Crippen LogP contribution in [-0.2, 0) is 37.5 Å². The molecule has 0 aromatic heterocycles. The van der Waals surface area contributed by atoms with Crippen molar-refractivity contribution in [3.63, 3.8) is 0 Å². The smallest absolute Gasteiger partial charge is 0.472 e. The molecular formula is C48H78NO10P. The average molecular weight is 860 g/mol. The van der Waals surface area contributed by atoms with Crippen molar-refractivity contribution in [2.75, 3.05) is 19.8 Å². The quantitative estimate of drug-likeness (QED) is 0.0232. The maximum absolute atomic E-state index is 12.6. The Hall–Kier alpha value is -3.60. The van der Waals surface area contributed by atoms with Gasteiger partial charge in [0, 0.05) is 12.8 Å². The summed E-state index contributed by atoms with van der Waals surface area (Å²) < 4.78 is 32.6. The summed E-state index contributed by atoms with van der Waals surface area (Å²) in [6.07, 6.45) is 53.4. The van der Waals surface area contributed by atoms with Gasteiger partial charge in [0.15, 0.2) is 6.10 Å². The zero-order valence-corrected chi connectivity index (χ0v) is 37.6. The molecule has 0 fully saturated rings. The van der Waals surface area contributed by atoms with Gasteiger partial charge < -0.3 is 25.2 Å². The van der Waals surface area contributed by atoms with Gasteiger partial charge in [-0.2, -0.15) is 0 Å². The third kappa shape index (κ3) is 41.1. The Morgan fingerprint density at radius 1 is 0.533 bits per heavy atom. The largest absolute Gasteiger partial charge is 0.480 e. The van der Waals surface area contributed by atoms with Crippen molar-refractivity contribution in [2.45, 2.75) is 167 Å². The number of phosphoric ester groups is 1. The number of unbranched alkanes of at least 4 members (excludes halogenated alkanes) is 10. The predicted molar refractivity (Wildman–Crippen MR) is 244 cm³/mol. The molecule has 3 atom stereocenters. The van der Waals surface area contributed by atoms with Crippen molar-refractivity contribution >= 4 is 25.7 Å². The van der Waals surface area contributed by atoms with Gasteiger partial charge >= 0.3 is 25.7 Å². The summed E-state index contributed by atoms with van der Waals surface area (Å²) in [6.45, 7) is 2.58. The number of phosphoric acid groups is 1. The summed E-state index contributed by atoms with van der Waals surface area (Å²) in [5.74, 6) is -2.50. The first-order chi connectivity index (χ1) is 29.1. The number of esters is 2. The van der Waals surface area contributed by atoms with Gasteiger partial charge in [0.25, 0.3) is 0 Å². The van der Waals surface area contributed by atoms with Gasteiger partial charge in [-0.25, -0.2) is 4.57 Å². The van der Waals surface area contributed by atoms with Crippen LogP contribution in [0.2, 0.25) is 0 Å². The molecule has 0 aliphatic rings. The number of rotatable bonds is 40. The molecular weight excluding hydrogens is 781 g/mol. The zero-order valence-electron chi connectivity index (χ0n) is 36.8. The van der Waals surface area contributed by atoms with E-state index >= 15 is 0 Å². The highest BCUT2D eigenvalue weighted by Crippen LogP contribution is 2.43. The Morgan fingerprint density at radius 2 is 0.950 bits per heavy atom. The standard InChI is InChI=1S/C48H78NO10P/c1-3-5-7-9-11-13-15-17-19-21-22-24-25-27-29-31-33-35-37-39-46(50)56-41-44(42-57-60(54,55)58-43-45(49)48(52)53)59-47(51)40-38-36-34-32-30-28-26-23-20-18-16-14-12-10-8-6-4-2/h5,7,11,13,17-20,22,24,26-29,32,34,44-45H,3-4,6,8-10,12,14-16,21,23,25,30-31,33,35-43,49H2,1-2H3,(H,52,53)(H,54,55)/b7-5+,13-11+,19-17+,20-18+,24-22+,28-26+,29-27+,34-32+/t44-,45+/m1/s1. The van der Waals surface area contributed by atoms with E-state index in [1.54, 1.807) is 0 Å². The first kappa shape index (κ1) is 56.4. The molecule has 1 unspecified atom stereocenters. The van der Waals surface area contributed by atoms with Crippen LogP contribution in [-0.4, -0.2) is 59.9 Å². The molecule has 0 rings (SSSR count). The lowest BCUT2D eigenvalue weighted by Gasteiger charge is -2.20. The van der Waals surface area contributed by atoms with Crippen molar-refractivity contribution in [2.24, 2.45) is 5.73 Å². The zero-order chi connectivity index (χ0) is 44.2. The SMILES string of the molecule is CC/C=C/C/C=C/C/C=C/C/C=C/C/C=C/CCCCCC(=O)OC[C@H](COP(=O)(O)OC[C@H](N)C(=O)O)OC(=O)CCC/C=C/C/C=C/C/C=C/CCCCCCCC. The first-order valence-corrected chi connectivity index (χ1v) is 23.8. The summed E-state index contributed by atoms with van der Waals surface area (Å²) in [5.41, 5.74) is 5.33. The molecule has 0 spiro atoms. The van der Waals surface area contributed by atoms with Crippen LogP contribution >= 0.6 is 7.82 Å². The summed E-state index contributed by atoms with van der Waals surface area (Å²) >= 11 is 0. The maximum Gasteiger partial charge on any atom is 0.472 e. The van der Waals surface area contributed by atoms with Crippen molar-refractivity contribution in [3.05, 3.63) is 97.2 Å². The number of hydrogen-bond donors (Lipinski definition) is 3. The second-order valence-corrected chi connectivity index (χ2v) is 15.9. The molecule has 0 aliphatic heterocycles. The normalized spacial score (nSPS) is 14.6. The molecule has 0 amide bonds. The fraction of sp³-hybridized carbons (Fsp3) is 0.604. The van der Waals surface area contributed by atoms with E-state index in [0.717, 1.165) is 70.6 Å². The maximum atomic E-state index is 12.6. The summed E-state index contributed by atoms with van der Waals surface area (Å²) in [4.78, 5) is 46.0. The third-order valence-electron chi connectivity index (χ3n) is 8.82. The van der Waals surface area contributed by atoms with E-state index in [0.29, 0.717) is 19.3 Å². The lowest BCUT2D eigenvalue weighted by Crippen LogP contribution is -2.34. The molecule has 0 heterocycles. The van der Waals surface area contributed by atoms with E-state index in [4.69, 9.17) is 24.8 Å². The summed E-state index contributed by atoms with van der Waals surface area (Å²) in [5, 5.41) is 8.89. The third-order valence-corrected chi connectivity index (χ3v) is 9.77. The number of ether oxygens (including phenoxy) is 2. The Kier molecular flexibility index (Phi) is 39.6. The molecule has 0 aliphatic carbocycles. The van der Waals surface area contributed by atoms with E-state index in [-0.39, 0.29) is 19.4 Å². The number of hydrogen-bond acceptors (Lipinski definition) is 9. The van der Waals surface area contributed by atoms with Crippen LogP contribution in [0.5, 0.6) is 0 Å². The van der Waals surface area contributed by atoms with Gasteiger partial charge in [-0.1, -0.05) is 150 Å². The van der Waals surface area contributed by atoms with Gasteiger partial charge in [0.1, 0.15) is 12.6 Å². The highest BCUT2D eigenvalue weighted by molar-refractivity contribution is 7.47. The Labute approximate surface area is 362 Å². The fourth-order valence-corrected chi connectivity index (χ4v) is 6.12. The van der Waals surface area contributed by atoms with Crippen LogP contribution in [0.25, 0.3) is 0 Å². The Morgan fingerprint density at radius 3 is 1.45 bits per heavy atom. The second kappa shape index (κ2) is 42.1. The van der Waals surface area contributed by atoms with E-state index in [9.17, 15) is 23.8 Å². The molecule has 11 nitrogen and oxygen atoms in total. The molecule has 4 N–H and O–H groups in total. The van der Waals surface area contributed by atoms with E-state index in [1.807, 2.05) is 12.2 Å². The molecule has 0 radical (unpaired) electrons. The highest BCUT2D eigenvalue weighted by Gasteiger charge is 2.28. The number of allylic oxidation sites excluding steroid dienone is 16. The number of carbonyl (C=O) groups is 3. The van der Waals surface area contributed by atoms with Crippen molar-refractivity contribution < 1.29 is 47.5 Å². The fourth-order valence-electron chi connectivity index (χ4n) is 5.34. The van der Waals surface area contributed by atoms with Gasteiger partial charge in [0.05, 0.1) is 13.2 Å². The average Bonchev–Trinajstić information content (AvgIpc) is 3.22. The van der Waals surface area contributed by atoms with Crippen molar-refractivity contribution in [1.29, 1.82) is 0 Å². The number of carboxylic acids is 1. The van der Waals surface area contributed by atoms with Crippen LogP contribution in [0.15, 0.2) is 97.2 Å². The summed E-state index contributed by atoms with van der Waals surface area (Å²) in [6, 6.07) is -1.54. The van der Waals surface area contributed by atoms with E-state index in [1.165, 1.54) is 38.5 Å². The molecule has 0 saturated carbocycles. The molecule has 60 heavy (non-hydrogen) atoms. The van der Waals surface area contributed by atoms with Crippen molar-refractivity contribution in [1.82, 2.24) is 0 Å².